The van der Waals surface area contributed by atoms with Crippen LogP contribution < -0.4 is 9.26 Å². The minimum Gasteiger partial charge on any atom is -0.493 e. The van der Waals surface area contributed by atoms with Crippen LogP contribution in [0.15, 0.2) is 78.9 Å². The van der Waals surface area contributed by atoms with Crippen molar-refractivity contribution in [3.8, 4) is 11.5 Å². The summed E-state index contributed by atoms with van der Waals surface area (Å²) in [6, 6.07) is 22.5. The third-order valence-electron chi connectivity index (χ3n) is 4.10. The highest BCUT2D eigenvalue weighted by atomic mass is 31.2. The number of carboxylic acid groups (broad SMARTS) is 1. The van der Waals surface area contributed by atoms with Crippen LogP contribution >= 0.6 is 7.82 Å². The van der Waals surface area contributed by atoms with Crippen LogP contribution in [0.2, 0.25) is 0 Å². The first-order valence-corrected chi connectivity index (χ1v) is 10.5. The van der Waals surface area contributed by atoms with Gasteiger partial charge in [0, 0.05) is 0 Å². The Morgan fingerprint density at radius 2 is 1.37 bits per heavy atom. The molecule has 0 radical (unpaired) electrons. The van der Waals surface area contributed by atoms with E-state index >= 15 is 0 Å². The highest BCUT2D eigenvalue weighted by Crippen LogP contribution is 2.53. The summed E-state index contributed by atoms with van der Waals surface area (Å²) in [7, 11) is -2.87. The molecule has 3 aromatic carbocycles. The molecule has 0 aliphatic rings. The first kappa shape index (κ1) is 21.6. The Bertz CT molecular complexity index is 975. The minimum atomic E-state index is -4.22. The SMILES string of the molecule is COc1cccc(C(=O)O)c1OP(=O)(OCc1ccccc1)OCc1ccccc1. The van der Waals surface area contributed by atoms with E-state index in [0.717, 1.165) is 11.1 Å². The number of hydrogen-bond donors (Lipinski definition) is 1. The Kier molecular flexibility index (Phi) is 7.25. The molecule has 0 unspecified atom stereocenters. The lowest BCUT2D eigenvalue weighted by molar-refractivity contribution is 0.0693. The van der Waals surface area contributed by atoms with E-state index < -0.39 is 13.8 Å². The Hall–Kier alpha value is -3.12. The van der Waals surface area contributed by atoms with Crippen LogP contribution in [0.5, 0.6) is 11.5 Å². The van der Waals surface area contributed by atoms with E-state index in [-0.39, 0.29) is 30.3 Å². The fourth-order valence-electron chi connectivity index (χ4n) is 2.60. The van der Waals surface area contributed by atoms with Gasteiger partial charge in [-0.2, -0.15) is 0 Å². The van der Waals surface area contributed by atoms with E-state index in [2.05, 4.69) is 0 Å². The van der Waals surface area contributed by atoms with E-state index in [0.29, 0.717) is 0 Å². The van der Waals surface area contributed by atoms with Gasteiger partial charge in [-0.3, -0.25) is 9.05 Å². The van der Waals surface area contributed by atoms with Crippen LogP contribution in [0.4, 0.5) is 0 Å². The fraction of sp³-hybridized carbons (Fsp3) is 0.136. The second kappa shape index (κ2) is 10.1. The van der Waals surface area contributed by atoms with Gasteiger partial charge in [-0.15, -0.1) is 0 Å². The molecule has 0 heterocycles. The zero-order valence-corrected chi connectivity index (χ0v) is 17.2. The lowest BCUT2D eigenvalue weighted by Gasteiger charge is -2.21. The topological polar surface area (TPSA) is 91.3 Å². The molecule has 3 rings (SSSR count). The molecule has 7 nitrogen and oxygen atoms in total. The summed E-state index contributed by atoms with van der Waals surface area (Å²) in [4.78, 5) is 11.6. The van der Waals surface area contributed by atoms with Crippen molar-refractivity contribution in [2.45, 2.75) is 13.2 Å². The highest BCUT2D eigenvalue weighted by molar-refractivity contribution is 7.48. The van der Waals surface area contributed by atoms with Crippen LogP contribution in [-0.2, 0) is 26.8 Å². The molecular formula is C22H21O7P. The quantitative estimate of drug-likeness (QED) is 0.437. The van der Waals surface area contributed by atoms with Crippen molar-refractivity contribution >= 4 is 13.8 Å². The molecule has 0 aliphatic carbocycles. The van der Waals surface area contributed by atoms with Crippen molar-refractivity contribution < 1.29 is 32.8 Å². The molecule has 156 valence electrons. The van der Waals surface area contributed by atoms with Crippen molar-refractivity contribution in [3.05, 3.63) is 95.6 Å². The number of para-hydroxylation sites is 1. The average Bonchev–Trinajstić information content (AvgIpc) is 2.78. The van der Waals surface area contributed by atoms with Crippen molar-refractivity contribution in [1.29, 1.82) is 0 Å². The largest absolute Gasteiger partial charge is 0.530 e. The monoisotopic (exact) mass is 428 g/mol. The molecule has 0 bridgehead atoms. The van der Waals surface area contributed by atoms with Gasteiger partial charge in [0.05, 0.1) is 20.3 Å². The van der Waals surface area contributed by atoms with Crippen LogP contribution in [0.3, 0.4) is 0 Å². The van der Waals surface area contributed by atoms with E-state index in [1.807, 2.05) is 36.4 Å². The number of methoxy groups -OCH3 is 1. The standard InChI is InChI=1S/C22H21O7P/c1-26-20-14-8-13-19(22(23)24)21(20)29-30(25,27-15-17-9-4-2-5-10-17)28-16-18-11-6-3-7-12-18/h2-14H,15-16H2,1H3,(H,23,24). The summed E-state index contributed by atoms with van der Waals surface area (Å²) < 4.78 is 35.3. The molecule has 0 amide bonds. The molecule has 0 spiro atoms. The van der Waals surface area contributed by atoms with Gasteiger partial charge in [-0.05, 0) is 23.3 Å². The summed E-state index contributed by atoms with van der Waals surface area (Å²) in [6.07, 6.45) is 0. The van der Waals surface area contributed by atoms with Crippen molar-refractivity contribution in [2.24, 2.45) is 0 Å². The maximum atomic E-state index is 13.5. The van der Waals surface area contributed by atoms with Crippen molar-refractivity contribution in [2.75, 3.05) is 7.11 Å². The summed E-state index contributed by atoms with van der Waals surface area (Å²) in [5.41, 5.74) is 1.28. The Labute approximate surface area is 174 Å². The number of hydrogen-bond acceptors (Lipinski definition) is 6. The van der Waals surface area contributed by atoms with Crippen LogP contribution in [0.25, 0.3) is 0 Å². The Balaban J connectivity index is 1.89. The van der Waals surface area contributed by atoms with E-state index in [4.69, 9.17) is 18.3 Å². The number of rotatable bonds is 10. The number of ether oxygens (including phenoxy) is 1. The first-order chi connectivity index (χ1) is 14.5. The van der Waals surface area contributed by atoms with E-state index in [1.165, 1.54) is 25.3 Å². The van der Waals surface area contributed by atoms with Crippen molar-refractivity contribution in [1.82, 2.24) is 0 Å². The third kappa shape index (κ3) is 5.70. The maximum absolute atomic E-state index is 13.5. The second-order valence-electron chi connectivity index (χ2n) is 6.20. The number of benzene rings is 3. The average molecular weight is 428 g/mol. The van der Waals surface area contributed by atoms with Crippen LogP contribution in [-0.4, -0.2) is 18.2 Å². The summed E-state index contributed by atoms with van der Waals surface area (Å²) >= 11 is 0. The number of phosphoric ester groups is 1. The first-order valence-electron chi connectivity index (χ1n) is 9.07. The predicted molar refractivity (Wildman–Crippen MR) is 111 cm³/mol. The normalized spacial score (nSPS) is 11.1. The summed E-state index contributed by atoms with van der Waals surface area (Å²) in [6.45, 7) is -0.102. The number of carbonyl (C=O) groups is 1. The molecule has 0 fully saturated rings. The van der Waals surface area contributed by atoms with Gasteiger partial charge in [0.15, 0.2) is 11.5 Å². The highest BCUT2D eigenvalue weighted by Gasteiger charge is 2.33. The van der Waals surface area contributed by atoms with E-state index in [1.54, 1.807) is 24.3 Å². The molecule has 0 aliphatic heterocycles. The molecule has 0 saturated carbocycles. The minimum absolute atomic E-state index is 0.0511. The number of carboxylic acids is 1. The Morgan fingerprint density at radius 1 is 0.833 bits per heavy atom. The van der Waals surface area contributed by atoms with Crippen LogP contribution in [0.1, 0.15) is 21.5 Å². The zero-order chi connectivity index (χ0) is 21.4. The number of aromatic carboxylic acids is 1. The van der Waals surface area contributed by atoms with Gasteiger partial charge in [0.25, 0.3) is 0 Å². The van der Waals surface area contributed by atoms with Gasteiger partial charge in [0.2, 0.25) is 0 Å². The summed E-state index contributed by atoms with van der Waals surface area (Å²) in [5.74, 6) is -1.39. The lowest BCUT2D eigenvalue weighted by atomic mass is 10.2. The molecule has 1 N–H and O–H groups in total. The third-order valence-corrected chi connectivity index (χ3v) is 5.39. The van der Waals surface area contributed by atoms with E-state index in [9.17, 15) is 14.5 Å². The van der Waals surface area contributed by atoms with Gasteiger partial charge in [-0.1, -0.05) is 66.7 Å². The van der Waals surface area contributed by atoms with Gasteiger partial charge in [0.1, 0.15) is 5.56 Å². The van der Waals surface area contributed by atoms with Gasteiger partial charge >= 0.3 is 13.8 Å². The molecule has 3 aromatic rings. The van der Waals surface area contributed by atoms with Crippen LogP contribution in [0, 0.1) is 0 Å². The second-order valence-corrected chi connectivity index (χ2v) is 7.79. The molecule has 30 heavy (non-hydrogen) atoms. The molecule has 0 aromatic heterocycles. The molecule has 0 atom stereocenters. The van der Waals surface area contributed by atoms with Crippen molar-refractivity contribution in [3.63, 3.8) is 0 Å². The molecule has 8 heteroatoms. The zero-order valence-electron chi connectivity index (χ0n) is 16.3. The van der Waals surface area contributed by atoms with Gasteiger partial charge in [-0.25, -0.2) is 9.36 Å². The smallest absolute Gasteiger partial charge is 0.493 e. The van der Waals surface area contributed by atoms with Gasteiger partial charge < -0.3 is 14.4 Å². The fourth-order valence-corrected chi connectivity index (χ4v) is 3.80. The number of phosphoric acid groups is 1. The maximum Gasteiger partial charge on any atom is 0.530 e. The molecular weight excluding hydrogens is 407 g/mol. The summed E-state index contributed by atoms with van der Waals surface area (Å²) in [5, 5.41) is 9.49. The molecule has 0 saturated heterocycles. The lowest BCUT2D eigenvalue weighted by Crippen LogP contribution is -2.08. The Morgan fingerprint density at radius 3 is 1.83 bits per heavy atom. The predicted octanol–water partition coefficient (Wildman–Crippen LogP) is 5.31.